The zero-order valence-corrected chi connectivity index (χ0v) is 15.9. The number of rotatable bonds is 5. The number of amides is 1. The van der Waals surface area contributed by atoms with E-state index in [0.29, 0.717) is 24.1 Å². The quantitative estimate of drug-likeness (QED) is 0.780. The van der Waals surface area contributed by atoms with Gasteiger partial charge in [-0.15, -0.1) is 0 Å². The van der Waals surface area contributed by atoms with Gasteiger partial charge in [0, 0.05) is 31.1 Å². The van der Waals surface area contributed by atoms with Gasteiger partial charge >= 0.3 is 0 Å². The molecule has 1 aliphatic heterocycles. The van der Waals surface area contributed by atoms with Gasteiger partial charge in [0.1, 0.15) is 11.6 Å². The molecule has 28 heavy (non-hydrogen) atoms. The summed E-state index contributed by atoms with van der Waals surface area (Å²) in [7, 11) is 0. The highest BCUT2D eigenvalue weighted by Gasteiger charge is 2.26. The summed E-state index contributed by atoms with van der Waals surface area (Å²) < 4.78 is 12.9. The molecule has 6 heteroatoms. The molecule has 2 aliphatic rings. The molecule has 1 unspecified atom stereocenters. The van der Waals surface area contributed by atoms with Gasteiger partial charge in [0.2, 0.25) is 5.91 Å². The number of pyridine rings is 2. The largest absolute Gasteiger partial charge is 0.343 e. The number of halogens is 1. The summed E-state index contributed by atoms with van der Waals surface area (Å²) in [6, 6.07) is 6.96. The molecule has 1 N–H and O–H groups in total. The first-order valence-electron chi connectivity index (χ1n) is 9.96. The second kappa shape index (κ2) is 8.50. The van der Waals surface area contributed by atoms with Crippen LogP contribution in [-0.2, 0) is 4.79 Å². The van der Waals surface area contributed by atoms with Gasteiger partial charge in [-0.3, -0.25) is 9.78 Å². The number of allylic oxidation sites excluding steroid dienone is 2. The normalized spacial score (nSPS) is 19.8. The summed E-state index contributed by atoms with van der Waals surface area (Å²) in [5, 5.41) is 3.12. The number of aromatic nitrogens is 2. The van der Waals surface area contributed by atoms with Crippen molar-refractivity contribution in [2.45, 2.75) is 38.0 Å². The van der Waals surface area contributed by atoms with Gasteiger partial charge in [-0.25, -0.2) is 9.37 Å². The molecule has 3 heterocycles. The summed E-state index contributed by atoms with van der Waals surface area (Å²) >= 11 is 0. The molecular weight excluding hydrogens is 355 g/mol. The molecule has 5 nitrogen and oxygen atoms in total. The second-order valence-corrected chi connectivity index (χ2v) is 7.58. The maximum atomic E-state index is 12.9. The molecule has 0 bridgehead atoms. The Labute approximate surface area is 164 Å². The maximum absolute atomic E-state index is 12.9. The van der Waals surface area contributed by atoms with Crippen LogP contribution in [0.1, 0.15) is 43.7 Å². The third-order valence-corrected chi connectivity index (χ3v) is 5.60. The minimum Gasteiger partial charge on any atom is -0.343 e. The summed E-state index contributed by atoms with van der Waals surface area (Å²) in [6.07, 6.45) is 12.1. The zero-order chi connectivity index (χ0) is 19.3. The van der Waals surface area contributed by atoms with Crippen molar-refractivity contribution in [3.05, 3.63) is 60.3 Å². The van der Waals surface area contributed by atoms with Crippen molar-refractivity contribution >= 4 is 17.4 Å². The van der Waals surface area contributed by atoms with Gasteiger partial charge in [0.15, 0.2) is 0 Å². The van der Waals surface area contributed by atoms with Crippen LogP contribution in [0.4, 0.5) is 15.9 Å². The van der Waals surface area contributed by atoms with Gasteiger partial charge in [0.05, 0.1) is 18.1 Å². The lowest BCUT2D eigenvalue weighted by atomic mass is 9.92. The number of carbonyl (C=O) groups is 1. The van der Waals surface area contributed by atoms with E-state index in [1.807, 2.05) is 17.0 Å². The van der Waals surface area contributed by atoms with E-state index in [1.54, 1.807) is 12.3 Å². The Hall–Kier alpha value is -2.76. The fourth-order valence-corrected chi connectivity index (χ4v) is 3.96. The van der Waals surface area contributed by atoms with E-state index >= 15 is 0 Å². The molecule has 146 valence electrons. The van der Waals surface area contributed by atoms with E-state index in [0.717, 1.165) is 50.2 Å². The monoisotopic (exact) mass is 380 g/mol. The van der Waals surface area contributed by atoms with Crippen molar-refractivity contribution in [1.29, 1.82) is 0 Å². The summed E-state index contributed by atoms with van der Waals surface area (Å²) in [5.74, 6) is 1.33. The van der Waals surface area contributed by atoms with Crippen molar-refractivity contribution < 1.29 is 9.18 Å². The van der Waals surface area contributed by atoms with E-state index in [-0.39, 0.29) is 11.7 Å². The number of nitrogens with zero attached hydrogens (tertiary/aromatic N) is 3. The molecule has 0 spiro atoms. The molecule has 4 rings (SSSR count). The Morgan fingerprint density at radius 1 is 1.11 bits per heavy atom. The standard InChI is InChI=1S/C22H25FN4O/c23-18-5-8-21(25-14-18)26-19-6-7-20(24-15-19)17-9-11-27(12-10-17)22(28)13-16-3-1-2-4-16/h1,3,5-8,14-17H,2,4,9-13H2,(H,25,26). The first-order chi connectivity index (χ1) is 13.7. The highest BCUT2D eigenvalue weighted by Crippen LogP contribution is 2.29. The maximum Gasteiger partial charge on any atom is 0.223 e. The second-order valence-electron chi connectivity index (χ2n) is 7.58. The predicted octanol–water partition coefficient (Wildman–Crippen LogP) is 4.42. The molecular formula is C22H25FN4O. The third-order valence-electron chi connectivity index (χ3n) is 5.60. The van der Waals surface area contributed by atoms with Crippen LogP contribution in [0, 0.1) is 11.7 Å². The SMILES string of the molecule is O=C(CC1C=CCC1)N1CCC(c2ccc(Nc3ccc(F)cn3)cn2)CC1. The minimum absolute atomic E-state index is 0.286. The van der Waals surface area contributed by atoms with Crippen LogP contribution in [-0.4, -0.2) is 33.9 Å². The highest BCUT2D eigenvalue weighted by atomic mass is 19.1. The number of likely N-dealkylation sites (tertiary alicyclic amines) is 1. The zero-order valence-electron chi connectivity index (χ0n) is 15.9. The van der Waals surface area contributed by atoms with E-state index in [2.05, 4.69) is 27.4 Å². The molecule has 1 aliphatic carbocycles. The Bertz CT molecular complexity index is 827. The summed E-state index contributed by atoms with van der Waals surface area (Å²) in [4.78, 5) is 23.1. The molecule has 1 saturated heterocycles. The summed E-state index contributed by atoms with van der Waals surface area (Å²) in [6.45, 7) is 1.61. The van der Waals surface area contributed by atoms with Gasteiger partial charge in [-0.2, -0.15) is 0 Å². The van der Waals surface area contributed by atoms with Crippen LogP contribution in [0.2, 0.25) is 0 Å². The average molecular weight is 380 g/mol. The number of hydrogen-bond donors (Lipinski definition) is 1. The van der Waals surface area contributed by atoms with Crippen molar-refractivity contribution in [3.63, 3.8) is 0 Å². The molecule has 0 aromatic carbocycles. The first kappa shape index (κ1) is 18.6. The van der Waals surface area contributed by atoms with Crippen LogP contribution in [0.3, 0.4) is 0 Å². The van der Waals surface area contributed by atoms with E-state index in [4.69, 9.17) is 0 Å². The Morgan fingerprint density at radius 3 is 2.61 bits per heavy atom. The van der Waals surface area contributed by atoms with Gasteiger partial charge in [-0.05, 0) is 55.9 Å². The molecule has 2 aromatic heterocycles. The number of nitrogens with one attached hydrogen (secondary N) is 1. The van der Waals surface area contributed by atoms with Crippen LogP contribution in [0.5, 0.6) is 0 Å². The number of hydrogen-bond acceptors (Lipinski definition) is 4. The van der Waals surface area contributed by atoms with Gasteiger partial charge in [0.25, 0.3) is 0 Å². The molecule has 1 amide bonds. The lowest BCUT2D eigenvalue weighted by Crippen LogP contribution is -2.38. The smallest absolute Gasteiger partial charge is 0.223 e. The molecule has 0 saturated carbocycles. The lowest BCUT2D eigenvalue weighted by Gasteiger charge is -2.32. The van der Waals surface area contributed by atoms with Crippen molar-refractivity contribution in [3.8, 4) is 0 Å². The van der Waals surface area contributed by atoms with E-state index < -0.39 is 0 Å². The van der Waals surface area contributed by atoms with Gasteiger partial charge < -0.3 is 10.2 Å². The van der Waals surface area contributed by atoms with Crippen molar-refractivity contribution in [1.82, 2.24) is 14.9 Å². The topological polar surface area (TPSA) is 58.1 Å². The molecule has 1 fully saturated rings. The first-order valence-corrected chi connectivity index (χ1v) is 9.96. The Morgan fingerprint density at radius 2 is 1.96 bits per heavy atom. The fraction of sp³-hybridized carbons (Fsp3) is 0.409. The van der Waals surface area contributed by atoms with E-state index in [1.165, 1.54) is 12.3 Å². The minimum atomic E-state index is -0.358. The fourth-order valence-electron chi connectivity index (χ4n) is 3.96. The van der Waals surface area contributed by atoms with Crippen molar-refractivity contribution in [2.75, 3.05) is 18.4 Å². The van der Waals surface area contributed by atoms with Crippen LogP contribution < -0.4 is 5.32 Å². The third kappa shape index (κ3) is 4.55. The Balaban J connectivity index is 1.29. The molecule has 1 atom stereocenters. The number of anilines is 2. The van der Waals surface area contributed by atoms with Crippen LogP contribution in [0.25, 0.3) is 0 Å². The highest BCUT2D eigenvalue weighted by molar-refractivity contribution is 5.76. The van der Waals surface area contributed by atoms with Crippen molar-refractivity contribution in [2.24, 2.45) is 5.92 Å². The van der Waals surface area contributed by atoms with Crippen LogP contribution >= 0.6 is 0 Å². The Kier molecular flexibility index (Phi) is 5.65. The van der Waals surface area contributed by atoms with Crippen LogP contribution in [0.15, 0.2) is 48.8 Å². The van der Waals surface area contributed by atoms with E-state index in [9.17, 15) is 9.18 Å². The molecule has 0 radical (unpaired) electrons. The predicted molar refractivity (Wildman–Crippen MR) is 107 cm³/mol. The number of piperidine rings is 1. The molecule has 2 aromatic rings. The van der Waals surface area contributed by atoms with Gasteiger partial charge in [-0.1, -0.05) is 12.2 Å². The average Bonchev–Trinajstić information content (AvgIpc) is 3.23. The summed E-state index contributed by atoms with van der Waals surface area (Å²) in [5.41, 5.74) is 1.88. The number of carbonyl (C=O) groups excluding carboxylic acids is 1. The lowest BCUT2D eigenvalue weighted by molar-refractivity contribution is -0.132.